The zero-order valence-corrected chi connectivity index (χ0v) is 16.8. The number of hydrogen-bond acceptors (Lipinski definition) is 5. The second kappa shape index (κ2) is 7.81. The van der Waals surface area contributed by atoms with Gasteiger partial charge in [-0.2, -0.15) is 0 Å². The van der Waals surface area contributed by atoms with Crippen LogP contribution in [-0.2, 0) is 16.4 Å². The largest absolute Gasteiger partial charge is 0.356 e. The highest BCUT2D eigenvalue weighted by Crippen LogP contribution is 2.39. The number of H-pyrrole nitrogens is 1. The summed E-state index contributed by atoms with van der Waals surface area (Å²) in [7, 11) is -3.30. The summed E-state index contributed by atoms with van der Waals surface area (Å²) in [6.45, 7) is 0.245. The normalized spacial score (nSPS) is 16.4. The maximum absolute atomic E-state index is 13.0. The molecule has 1 aliphatic carbocycles. The van der Waals surface area contributed by atoms with Gasteiger partial charge in [0.1, 0.15) is 0 Å². The number of rotatable bonds is 6. The second-order valence-corrected chi connectivity index (χ2v) is 9.11. The highest BCUT2D eigenvalue weighted by atomic mass is 32.2. The molecule has 1 aromatic carbocycles. The van der Waals surface area contributed by atoms with E-state index in [1.54, 1.807) is 12.4 Å². The Kier molecular flexibility index (Phi) is 5.21. The minimum absolute atomic E-state index is 0.00142. The van der Waals surface area contributed by atoms with Crippen LogP contribution in [-0.4, -0.2) is 37.0 Å². The number of sulfonamides is 1. The molecule has 3 aromatic rings. The van der Waals surface area contributed by atoms with Gasteiger partial charge in [-0.15, -0.1) is 0 Å². The number of aromatic nitrogens is 2. The van der Waals surface area contributed by atoms with E-state index in [-0.39, 0.29) is 18.2 Å². The Morgan fingerprint density at radius 2 is 1.83 bits per heavy atom. The minimum atomic E-state index is -3.30. The highest BCUT2D eigenvalue weighted by Gasteiger charge is 2.32. The van der Waals surface area contributed by atoms with Crippen molar-refractivity contribution in [1.82, 2.24) is 14.7 Å². The molecule has 8 heteroatoms. The van der Waals surface area contributed by atoms with Gasteiger partial charge in [-0.25, -0.2) is 13.1 Å². The standard InChI is InChI=1S/C21H22N4O3S/c1-29(27,28)23-13-14-11-17-19(18(26)12-14)21(24-16-5-3-2-4-6-16)20(25-17)15-7-9-22-10-8-15/h2-10,14,23-25H,11-13H2,1H3. The zero-order chi connectivity index (χ0) is 20.4. The van der Waals surface area contributed by atoms with E-state index in [4.69, 9.17) is 0 Å². The summed E-state index contributed by atoms with van der Waals surface area (Å²) in [5, 5.41) is 3.40. The maximum atomic E-state index is 13.0. The molecule has 2 aromatic heterocycles. The van der Waals surface area contributed by atoms with Crippen LogP contribution < -0.4 is 10.0 Å². The first kappa shape index (κ1) is 19.4. The van der Waals surface area contributed by atoms with Crippen molar-refractivity contribution in [1.29, 1.82) is 0 Å². The lowest BCUT2D eigenvalue weighted by Crippen LogP contribution is -2.32. The number of ketones is 1. The third-order valence-corrected chi connectivity index (χ3v) is 5.66. The molecule has 0 aliphatic heterocycles. The second-order valence-electron chi connectivity index (χ2n) is 7.27. The third kappa shape index (κ3) is 4.38. The zero-order valence-electron chi connectivity index (χ0n) is 16.0. The Labute approximate surface area is 169 Å². The minimum Gasteiger partial charge on any atom is -0.356 e. The number of nitrogens with one attached hydrogen (secondary N) is 3. The molecule has 1 atom stereocenters. The molecule has 0 radical (unpaired) electrons. The molecule has 0 fully saturated rings. The molecule has 0 saturated heterocycles. The van der Waals surface area contributed by atoms with Gasteiger partial charge in [-0.1, -0.05) is 18.2 Å². The molecular formula is C21H22N4O3S. The van der Waals surface area contributed by atoms with E-state index in [1.807, 2.05) is 42.5 Å². The smallest absolute Gasteiger partial charge is 0.208 e. The summed E-state index contributed by atoms with van der Waals surface area (Å²) in [6, 6.07) is 13.5. The first-order chi connectivity index (χ1) is 13.9. The van der Waals surface area contributed by atoms with Crippen molar-refractivity contribution in [3.05, 3.63) is 66.1 Å². The van der Waals surface area contributed by atoms with Gasteiger partial charge < -0.3 is 10.3 Å². The fourth-order valence-electron chi connectivity index (χ4n) is 3.68. The fraction of sp³-hybridized carbons (Fsp3) is 0.238. The van der Waals surface area contributed by atoms with E-state index >= 15 is 0 Å². The van der Waals surface area contributed by atoms with E-state index < -0.39 is 10.0 Å². The van der Waals surface area contributed by atoms with Gasteiger partial charge in [0.15, 0.2) is 5.78 Å². The SMILES string of the molecule is CS(=O)(=O)NCC1CC(=O)c2c([nH]c(-c3ccncc3)c2Nc2ccccc2)C1. The van der Waals surface area contributed by atoms with E-state index in [9.17, 15) is 13.2 Å². The predicted molar refractivity (Wildman–Crippen MR) is 113 cm³/mol. The highest BCUT2D eigenvalue weighted by molar-refractivity contribution is 7.88. The number of aromatic amines is 1. The van der Waals surface area contributed by atoms with Crippen LogP contribution in [0.2, 0.25) is 0 Å². The lowest BCUT2D eigenvalue weighted by atomic mass is 9.86. The van der Waals surface area contributed by atoms with Crippen molar-refractivity contribution in [2.24, 2.45) is 5.92 Å². The van der Waals surface area contributed by atoms with Crippen molar-refractivity contribution in [2.45, 2.75) is 12.8 Å². The topological polar surface area (TPSA) is 104 Å². The van der Waals surface area contributed by atoms with Crippen LogP contribution in [0.15, 0.2) is 54.9 Å². The predicted octanol–water partition coefficient (Wildman–Crippen LogP) is 3.11. The lowest BCUT2D eigenvalue weighted by molar-refractivity contribution is 0.0950. The van der Waals surface area contributed by atoms with Gasteiger partial charge in [0.2, 0.25) is 10.0 Å². The number of para-hydroxylation sites is 1. The van der Waals surface area contributed by atoms with Gasteiger partial charge >= 0.3 is 0 Å². The van der Waals surface area contributed by atoms with E-state index in [2.05, 4.69) is 20.0 Å². The number of carbonyl (C=O) groups is 1. The van der Waals surface area contributed by atoms with Gasteiger partial charge in [0.05, 0.1) is 23.2 Å². The van der Waals surface area contributed by atoms with Crippen LogP contribution >= 0.6 is 0 Å². The molecule has 0 saturated carbocycles. The average molecular weight is 410 g/mol. The molecule has 4 rings (SSSR count). The summed E-state index contributed by atoms with van der Waals surface area (Å²) >= 11 is 0. The van der Waals surface area contributed by atoms with Crippen LogP contribution in [0.4, 0.5) is 11.4 Å². The van der Waals surface area contributed by atoms with Gasteiger partial charge in [0, 0.05) is 42.3 Å². The van der Waals surface area contributed by atoms with Gasteiger partial charge in [0.25, 0.3) is 0 Å². The number of carbonyl (C=O) groups excluding carboxylic acids is 1. The Hall–Kier alpha value is -2.97. The first-order valence-electron chi connectivity index (χ1n) is 9.36. The Morgan fingerprint density at radius 1 is 1.10 bits per heavy atom. The van der Waals surface area contributed by atoms with Gasteiger partial charge in [-0.3, -0.25) is 9.78 Å². The van der Waals surface area contributed by atoms with Crippen molar-refractivity contribution in [2.75, 3.05) is 18.1 Å². The molecule has 0 amide bonds. The molecule has 0 spiro atoms. The molecule has 7 nitrogen and oxygen atoms in total. The lowest BCUT2D eigenvalue weighted by Gasteiger charge is -2.22. The molecule has 2 heterocycles. The Balaban J connectivity index is 1.73. The number of Topliss-reactive ketones (excluding diaryl/α,β-unsaturated/α-hetero) is 1. The number of fused-ring (bicyclic) bond motifs is 1. The molecular weight excluding hydrogens is 388 g/mol. The summed E-state index contributed by atoms with van der Waals surface area (Å²) in [5.74, 6) is -0.0835. The van der Waals surface area contributed by atoms with Crippen molar-refractivity contribution in [3.63, 3.8) is 0 Å². The van der Waals surface area contributed by atoms with Crippen LogP contribution in [0.5, 0.6) is 0 Å². The number of benzene rings is 1. The van der Waals surface area contributed by atoms with Crippen LogP contribution in [0.25, 0.3) is 11.3 Å². The Bertz CT molecular complexity index is 1130. The number of nitrogens with zero attached hydrogens (tertiary/aromatic N) is 1. The quantitative estimate of drug-likeness (QED) is 0.579. The molecule has 29 heavy (non-hydrogen) atoms. The molecule has 0 bridgehead atoms. The number of pyridine rings is 1. The average Bonchev–Trinajstić information content (AvgIpc) is 3.06. The number of anilines is 2. The Morgan fingerprint density at radius 3 is 2.52 bits per heavy atom. The van der Waals surface area contributed by atoms with Crippen LogP contribution in [0.3, 0.4) is 0 Å². The molecule has 150 valence electrons. The summed E-state index contributed by atoms with van der Waals surface area (Å²) in [6.07, 6.45) is 5.44. The monoisotopic (exact) mass is 410 g/mol. The fourth-order valence-corrected chi connectivity index (χ4v) is 4.22. The molecule has 1 aliphatic rings. The molecule has 1 unspecified atom stereocenters. The van der Waals surface area contributed by atoms with E-state index in [0.717, 1.165) is 34.6 Å². The van der Waals surface area contributed by atoms with E-state index in [1.165, 1.54) is 0 Å². The number of hydrogen-bond donors (Lipinski definition) is 3. The summed E-state index contributed by atoms with van der Waals surface area (Å²) in [4.78, 5) is 20.5. The van der Waals surface area contributed by atoms with Crippen molar-refractivity contribution < 1.29 is 13.2 Å². The van der Waals surface area contributed by atoms with E-state index in [0.29, 0.717) is 18.4 Å². The van der Waals surface area contributed by atoms with Crippen LogP contribution in [0, 0.1) is 5.92 Å². The maximum Gasteiger partial charge on any atom is 0.208 e. The van der Waals surface area contributed by atoms with Gasteiger partial charge in [-0.05, 0) is 36.6 Å². The van der Waals surface area contributed by atoms with Crippen LogP contribution in [0.1, 0.15) is 22.5 Å². The summed E-state index contributed by atoms with van der Waals surface area (Å²) < 4.78 is 25.4. The summed E-state index contributed by atoms with van der Waals surface area (Å²) in [5.41, 5.74) is 4.86. The van der Waals surface area contributed by atoms with Crippen molar-refractivity contribution >= 4 is 27.2 Å². The van der Waals surface area contributed by atoms with Crippen molar-refractivity contribution in [3.8, 4) is 11.3 Å². The first-order valence-corrected chi connectivity index (χ1v) is 11.2. The molecule has 3 N–H and O–H groups in total. The third-order valence-electron chi connectivity index (χ3n) is 4.97.